The molecule has 0 radical (unpaired) electrons. The third kappa shape index (κ3) is 3.02. The van der Waals surface area contributed by atoms with Crippen LogP contribution in [0.15, 0.2) is 16.6 Å². The number of nitrogens with zero attached hydrogens (tertiary/aromatic N) is 2. The summed E-state index contributed by atoms with van der Waals surface area (Å²) in [6, 6.07) is 2.27. The van der Waals surface area contributed by atoms with Crippen LogP contribution >= 0.6 is 15.9 Å². The predicted octanol–water partition coefficient (Wildman–Crippen LogP) is 1.69. The van der Waals surface area contributed by atoms with Crippen molar-refractivity contribution in [3.05, 3.63) is 32.5 Å². The normalized spacial score (nSPS) is 19.5. The van der Waals surface area contributed by atoms with E-state index in [0.717, 1.165) is 12.1 Å². The molecule has 2 rings (SSSR count). The van der Waals surface area contributed by atoms with Gasteiger partial charge in [-0.25, -0.2) is 4.39 Å². The highest BCUT2D eigenvalue weighted by atomic mass is 79.9. The number of aliphatic hydroxyl groups excluding tert-OH is 1. The topological polar surface area (TPSA) is 75.8 Å². The number of anilines is 1. The van der Waals surface area contributed by atoms with Crippen molar-refractivity contribution in [2.45, 2.75) is 6.10 Å². The van der Waals surface area contributed by atoms with Crippen molar-refractivity contribution in [2.24, 2.45) is 0 Å². The number of ether oxygens (including phenoxy) is 1. The van der Waals surface area contributed by atoms with E-state index in [4.69, 9.17) is 9.84 Å². The van der Waals surface area contributed by atoms with Crippen LogP contribution in [0, 0.1) is 15.9 Å². The lowest BCUT2D eigenvalue weighted by molar-refractivity contribution is -0.384. The lowest BCUT2D eigenvalue weighted by Gasteiger charge is -2.33. The summed E-state index contributed by atoms with van der Waals surface area (Å²) in [5.41, 5.74) is 0.0271. The van der Waals surface area contributed by atoms with Gasteiger partial charge in [-0.05, 0) is 15.9 Å². The molecule has 1 aromatic rings. The van der Waals surface area contributed by atoms with E-state index in [2.05, 4.69) is 15.9 Å². The van der Waals surface area contributed by atoms with Crippen LogP contribution in [0.1, 0.15) is 0 Å². The van der Waals surface area contributed by atoms with Gasteiger partial charge in [-0.1, -0.05) is 0 Å². The van der Waals surface area contributed by atoms with E-state index >= 15 is 0 Å². The molecule has 1 atom stereocenters. The van der Waals surface area contributed by atoms with Crippen LogP contribution in [-0.2, 0) is 4.74 Å². The molecule has 1 aromatic carbocycles. The van der Waals surface area contributed by atoms with Crippen LogP contribution in [0.25, 0.3) is 0 Å². The van der Waals surface area contributed by atoms with Gasteiger partial charge in [-0.15, -0.1) is 0 Å². The van der Waals surface area contributed by atoms with E-state index in [1.807, 2.05) is 0 Å². The van der Waals surface area contributed by atoms with Crippen LogP contribution in [0.4, 0.5) is 15.8 Å². The third-order valence-electron chi connectivity index (χ3n) is 2.90. The van der Waals surface area contributed by atoms with Crippen LogP contribution in [0.5, 0.6) is 0 Å². The average Bonchev–Trinajstić information content (AvgIpc) is 2.41. The number of rotatable bonds is 3. The van der Waals surface area contributed by atoms with Gasteiger partial charge < -0.3 is 14.7 Å². The Morgan fingerprint density at radius 3 is 3.00 bits per heavy atom. The van der Waals surface area contributed by atoms with Crippen molar-refractivity contribution in [1.29, 1.82) is 0 Å². The molecule has 0 bridgehead atoms. The largest absolute Gasteiger partial charge is 0.394 e. The van der Waals surface area contributed by atoms with E-state index < -0.39 is 16.8 Å². The lowest BCUT2D eigenvalue weighted by atomic mass is 10.2. The molecule has 0 spiro atoms. The van der Waals surface area contributed by atoms with E-state index in [9.17, 15) is 14.5 Å². The fourth-order valence-corrected chi connectivity index (χ4v) is 2.31. The molecule has 0 aromatic heterocycles. The van der Waals surface area contributed by atoms with Gasteiger partial charge in [0.15, 0.2) is 0 Å². The molecule has 1 fully saturated rings. The van der Waals surface area contributed by atoms with Gasteiger partial charge in [0.1, 0.15) is 11.5 Å². The predicted molar refractivity (Wildman–Crippen MR) is 69.8 cm³/mol. The Bertz CT molecular complexity index is 500. The second kappa shape index (κ2) is 5.81. The fourth-order valence-electron chi connectivity index (χ4n) is 1.97. The SMILES string of the molecule is O=[N+]([O-])c1cc(Br)c(F)cc1N1CCOC(CO)C1. The van der Waals surface area contributed by atoms with Gasteiger partial charge in [0, 0.05) is 25.2 Å². The molecule has 6 nitrogen and oxygen atoms in total. The number of nitro groups is 1. The number of aliphatic hydroxyl groups is 1. The molecular formula is C11H12BrFN2O4. The Labute approximate surface area is 117 Å². The van der Waals surface area contributed by atoms with Gasteiger partial charge in [-0.3, -0.25) is 10.1 Å². The molecule has 1 N–H and O–H groups in total. The first-order valence-corrected chi connectivity index (χ1v) is 6.43. The fraction of sp³-hybridized carbons (Fsp3) is 0.455. The molecule has 1 saturated heterocycles. The second-order valence-corrected chi connectivity index (χ2v) is 4.99. The van der Waals surface area contributed by atoms with Gasteiger partial charge in [0.2, 0.25) is 0 Å². The maximum absolute atomic E-state index is 13.6. The van der Waals surface area contributed by atoms with Gasteiger partial charge in [0.05, 0.1) is 28.7 Å². The van der Waals surface area contributed by atoms with Crippen molar-refractivity contribution < 1.29 is 19.2 Å². The molecule has 1 unspecified atom stereocenters. The van der Waals surface area contributed by atoms with Crippen LogP contribution < -0.4 is 4.90 Å². The van der Waals surface area contributed by atoms with Crippen molar-refractivity contribution >= 4 is 27.3 Å². The molecule has 0 amide bonds. The Morgan fingerprint density at radius 1 is 1.63 bits per heavy atom. The zero-order chi connectivity index (χ0) is 14.0. The Hall–Kier alpha value is -1.25. The van der Waals surface area contributed by atoms with E-state index in [-0.39, 0.29) is 22.5 Å². The standard InChI is InChI=1S/C11H12BrFN2O4/c12-8-3-11(15(17)18)10(4-9(8)13)14-1-2-19-7(5-14)6-16/h3-4,7,16H,1-2,5-6H2. The first-order chi connectivity index (χ1) is 9.02. The molecule has 1 heterocycles. The van der Waals surface area contributed by atoms with E-state index in [0.29, 0.717) is 19.7 Å². The first-order valence-electron chi connectivity index (χ1n) is 5.63. The molecule has 0 saturated carbocycles. The minimum absolute atomic E-state index is 0.0508. The van der Waals surface area contributed by atoms with E-state index in [1.54, 1.807) is 4.90 Å². The summed E-state index contributed by atoms with van der Waals surface area (Å²) in [4.78, 5) is 12.1. The average molecular weight is 335 g/mol. The number of morpholine rings is 1. The van der Waals surface area contributed by atoms with Crippen molar-refractivity contribution in [3.63, 3.8) is 0 Å². The number of halogens is 2. The van der Waals surface area contributed by atoms with Crippen LogP contribution in [0.2, 0.25) is 0 Å². The Balaban J connectivity index is 2.37. The number of hydrogen-bond acceptors (Lipinski definition) is 5. The highest BCUT2D eigenvalue weighted by Crippen LogP contribution is 2.34. The summed E-state index contributed by atoms with van der Waals surface area (Å²) >= 11 is 2.94. The zero-order valence-corrected chi connectivity index (χ0v) is 11.5. The summed E-state index contributed by atoms with van der Waals surface area (Å²) in [6.45, 7) is 0.861. The molecule has 8 heteroatoms. The Kier molecular flexibility index (Phi) is 4.33. The monoisotopic (exact) mass is 334 g/mol. The molecule has 19 heavy (non-hydrogen) atoms. The highest BCUT2D eigenvalue weighted by molar-refractivity contribution is 9.10. The van der Waals surface area contributed by atoms with Crippen molar-refractivity contribution in [3.8, 4) is 0 Å². The third-order valence-corrected chi connectivity index (χ3v) is 3.50. The van der Waals surface area contributed by atoms with Crippen LogP contribution in [0.3, 0.4) is 0 Å². The smallest absolute Gasteiger partial charge is 0.293 e. The highest BCUT2D eigenvalue weighted by Gasteiger charge is 2.27. The number of benzene rings is 1. The maximum Gasteiger partial charge on any atom is 0.293 e. The summed E-state index contributed by atoms with van der Waals surface area (Å²) in [7, 11) is 0. The molecule has 1 aliphatic rings. The molecule has 1 aliphatic heterocycles. The zero-order valence-electron chi connectivity index (χ0n) is 9.88. The maximum atomic E-state index is 13.6. The van der Waals surface area contributed by atoms with Gasteiger partial charge >= 0.3 is 0 Å². The minimum atomic E-state index is -0.562. The van der Waals surface area contributed by atoms with Crippen LogP contribution in [-0.4, -0.2) is 42.4 Å². The molecule has 104 valence electrons. The number of hydrogen-bond donors (Lipinski definition) is 1. The first kappa shape index (κ1) is 14.2. The van der Waals surface area contributed by atoms with Crippen molar-refractivity contribution in [1.82, 2.24) is 0 Å². The second-order valence-electron chi connectivity index (χ2n) is 4.13. The van der Waals surface area contributed by atoms with Gasteiger partial charge in [-0.2, -0.15) is 0 Å². The Morgan fingerprint density at radius 2 is 2.37 bits per heavy atom. The summed E-state index contributed by atoms with van der Waals surface area (Å²) < 4.78 is 18.9. The quantitative estimate of drug-likeness (QED) is 0.672. The molecule has 0 aliphatic carbocycles. The minimum Gasteiger partial charge on any atom is -0.394 e. The van der Waals surface area contributed by atoms with Gasteiger partial charge in [0.25, 0.3) is 5.69 Å². The summed E-state index contributed by atoms with van der Waals surface area (Å²) in [5, 5.41) is 20.1. The molecular weight excluding hydrogens is 323 g/mol. The summed E-state index contributed by atoms with van der Waals surface area (Å²) in [5.74, 6) is -0.562. The van der Waals surface area contributed by atoms with Crippen molar-refractivity contribution in [2.75, 3.05) is 31.2 Å². The number of nitro benzene ring substituents is 1. The summed E-state index contributed by atoms with van der Waals surface area (Å²) in [6.07, 6.45) is -0.417. The van der Waals surface area contributed by atoms with E-state index in [1.165, 1.54) is 0 Å². The lowest BCUT2D eigenvalue weighted by Crippen LogP contribution is -2.44.